The van der Waals surface area contributed by atoms with Crippen molar-refractivity contribution in [1.82, 2.24) is 19.9 Å². The minimum Gasteiger partial charge on any atom is -0.494 e. The van der Waals surface area contributed by atoms with E-state index in [9.17, 15) is 14.9 Å². The van der Waals surface area contributed by atoms with Gasteiger partial charge in [0.1, 0.15) is 23.6 Å². The zero-order valence-corrected chi connectivity index (χ0v) is 19.1. The van der Waals surface area contributed by atoms with Crippen LogP contribution in [0.5, 0.6) is 11.5 Å². The number of nitrogens with one attached hydrogen (secondary N) is 2. The highest BCUT2D eigenvalue weighted by Gasteiger charge is 2.15. The van der Waals surface area contributed by atoms with E-state index in [-0.39, 0.29) is 17.0 Å². The zero-order valence-electron chi connectivity index (χ0n) is 19.1. The fraction of sp³-hybridized carbons (Fsp3) is 0.292. The van der Waals surface area contributed by atoms with Gasteiger partial charge in [-0.2, -0.15) is 0 Å². The van der Waals surface area contributed by atoms with Crippen LogP contribution >= 0.6 is 0 Å². The van der Waals surface area contributed by atoms with Crippen LogP contribution in [0, 0.1) is 10.1 Å². The minimum atomic E-state index is -0.540. The van der Waals surface area contributed by atoms with Crippen molar-refractivity contribution in [3.63, 3.8) is 0 Å². The smallest absolute Gasteiger partial charge is 0.270 e. The van der Waals surface area contributed by atoms with Crippen molar-refractivity contribution in [2.24, 2.45) is 0 Å². The van der Waals surface area contributed by atoms with Gasteiger partial charge < -0.3 is 19.8 Å². The van der Waals surface area contributed by atoms with Crippen molar-refractivity contribution in [3.05, 3.63) is 63.1 Å². The Balaban J connectivity index is 1.40. The van der Waals surface area contributed by atoms with Gasteiger partial charge >= 0.3 is 0 Å². The van der Waals surface area contributed by atoms with Gasteiger partial charge in [-0.3, -0.25) is 19.8 Å². The molecule has 0 bridgehead atoms. The zero-order chi connectivity index (χ0) is 24.4. The monoisotopic (exact) mass is 476 g/mol. The van der Waals surface area contributed by atoms with Crippen LogP contribution in [0.4, 0.5) is 17.3 Å². The van der Waals surface area contributed by atoms with E-state index >= 15 is 0 Å². The molecule has 1 aliphatic rings. The first-order valence-electron chi connectivity index (χ1n) is 11.3. The van der Waals surface area contributed by atoms with Crippen molar-refractivity contribution in [3.8, 4) is 11.5 Å². The maximum Gasteiger partial charge on any atom is 0.270 e. The SMILES string of the molecule is COc1cc(OCCN2CCCC2)ccc1Nc1ncc2[nH]c(=O)c3cc([N+](=O)[O-])ccc3c2n1. The summed E-state index contributed by atoms with van der Waals surface area (Å²) in [6.45, 7) is 3.75. The van der Waals surface area contributed by atoms with E-state index in [1.807, 2.05) is 12.1 Å². The molecule has 4 aromatic rings. The molecular formula is C24H24N6O5. The lowest BCUT2D eigenvalue weighted by molar-refractivity contribution is -0.384. The van der Waals surface area contributed by atoms with Gasteiger partial charge in [0.05, 0.1) is 34.8 Å². The molecular weight excluding hydrogens is 452 g/mol. The molecule has 180 valence electrons. The standard InChI is InChI=1S/C24H24N6O5/c1-34-21-13-16(35-11-10-29-8-2-3-9-29)5-7-19(21)27-24-25-14-20-22(28-24)17-6-4-15(30(32)33)12-18(17)23(31)26-20/h4-7,12-14H,2-3,8-11H2,1H3,(H,26,31)(H,25,27,28). The molecule has 5 rings (SSSR count). The summed E-state index contributed by atoms with van der Waals surface area (Å²) < 4.78 is 11.4. The van der Waals surface area contributed by atoms with Crippen LogP contribution in [-0.2, 0) is 0 Å². The van der Waals surface area contributed by atoms with Crippen LogP contribution in [0.1, 0.15) is 12.8 Å². The summed E-state index contributed by atoms with van der Waals surface area (Å²) in [6.07, 6.45) is 3.99. The first-order chi connectivity index (χ1) is 17.0. The molecule has 11 nitrogen and oxygen atoms in total. The number of fused-ring (bicyclic) bond motifs is 3. The van der Waals surface area contributed by atoms with Gasteiger partial charge in [0.15, 0.2) is 0 Å². The third-order valence-corrected chi connectivity index (χ3v) is 6.05. The number of benzene rings is 2. The Morgan fingerprint density at radius 3 is 2.77 bits per heavy atom. The van der Waals surface area contributed by atoms with E-state index in [1.165, 1.54) is 37.2 Å². The van der Waals surface area contributed by atoms with E-state index < -0.39 is 10.5 Å². The molecule has 0 atom stereocenters. The number of hydrogen-bond acceptors (Lipinski definition) is 9. The molecule has 2 aromatic carbocycles. The van der Waals surface area contributed by atoms with Gasteiger partial charge in [-0.1, -0.05) is 0 Å². The number of pyridine rings is 1. The molecule has 0 spiro atoms. The lowest BCUT2D eigenvalue weighted by Gasteiger charge is -2.16. The molecule has 1 fully saturated rings. The molecule has 1 aliphatic heterocycles. The number of H-pyrrole nitrogens is 1. The number of nitro benzene ring substituents is 1. The Labute approximate surface area is 199 Å². The highest BCUT2D eigenvalue weighted by molar-refractivity contribution is 6.03. The lowest BCUT2D eigenvalue weighted by atomic mass is 10.1. The van der Waals surface area contributed by atoms with E-state index in [2.05, 4.69) is 25.2 Å². The number of rotatable bonds is 8. The second-order valence-corrected chi connectivity index (χ2v) is 8.28. The molecule has 11 heteroatoms. The van der Waals surface area contributed by atoms with Crippen LogP contribution in [-0.4, -0.2) is 58.1 Å². The summed E-state index contributed by atoms with van der Waals surface area (Å²) in [5.41, 5.74) is 0.927. The number of aromatic amines is 1. The summed E-state index contributed by atoms with van der Waals surface area (Å²) in [5.74, 6) is 1.55. The number of hydrogen-bond donors (Lipinski definition) is 2. The molecule has 2 N–H and O–H groups in total. The van der Waals surface area contributed by atoms with Crippen LogP contribution in [0.2, 0.25) is 0 Å². The van der Waals surface area contributed by atoms with Crippen LogP contribution < -0.4 is 20.3 Å². The number of methoxy groups -OCH3 is 1. The van der Waals surface area contributed by atoms with E-state index in [0.717, 1.165) is 19.6 Å². The average molecular weight is 476 g/mol. The Hall–Kier alpha value is -4.25. The first kappa shape index (κ1) is 22.5. The van der Waals surface area contributed by atoms with Gasteiger partial charge in [0, 0.05) is 30.1 Å². The summed E-state index contributed by atoms with van der Waals surface area (Å²) in [4.78, 5) is 36.9. The largest absolute Gasteiger partial charge is 0.494 e. The highest BCUT2D eigenvalue weighted by atomic mass is 16.6. The Kier molecular flexibility index (Phi) is 6.15. The molecule has 0 unspecified atom stereocenters. The average Bonchev–Trinajstić information content (AvgIpc) is 3.38. The number of ether oxygens (including phenoxy) is 2. The molecule has 1 saturated heterocycles. The van der Waals surface area contributed by atoms with Crippen molar-refractivity contribution < 1.29 is 14.4 Å². The van der Waals surface area contributed by atoms with Gasteiger partial charge in [0.25, 0.3) is 11.2 Å². The van der Waals surface area contributed by atoms with Crippen LogP contribution in [0.25, 0.3) is 21.8 Å². The molecule has 0 amide bonds. The molecule has 3 heterocycles. The van der Waals surface area contributed by atoms with Crippen molar-refractivity contribution in [2.45, 2.75) is 12.8 Å². The Bertz CT molecular complexity index is 1460. The predicted octanol–water partition coefficient (Wildman–Crippen LogP) is 3.61. The number of anilines is 2. The van der Waals surface area contributed by atoms with Crippen molar-refractivity contribution in [2.75, 3.05) is 38.7 Å². The molecule has 2 aromatic heterocycles. The number of likely N-dealkylation sites (tertiary alicyclic amines) is 1. The molecule has 0 radical (unpaired) electrons. The van der Waals surface area contributed by atoms with Crippen molar-refractivity contribution >= 4 is 39.1 Å². The van der Waals surface area contributed by atoms with Gasteiger partial charge in [-0.05, 0) is 44.1 Å². The molecule has 0 saturated carbocycles. The lowest BCUT2D eigenvalue weighted by Crippen LogP contribution is -2.25. The fourth-order valence-electron chi connectivity index (χ4n) is 4.25. The summed E-state index contributed by atoms with van der Waals surface area (Å²) in [7, 11) is 1.57. The van der Waals surface area contributed by atoms with Crippen LogP contribution in [0.15, 0.2) is 47.4 Å². The second-order valence-electron chi connectivity index (χ2n) is 8.28. The van der Waals surface area contributed by atoms with Crippen LogP contribution in [0.3, 0.4) is 0 Å². The van der Waals surface area contributed by atoms with Crippen molar-refractivity contribution in [1.29, 1.82) is 0 Å². The third-order valence-electron chi connectivity index (χ3n) is 6.05. The maximum atomic E-state index is 12.4. The third kappa shape index (κ3) is 4.71. The predicted molar refractivity (Wildman–Crippen MR) is 132 cm³/mol. The van der Waals surface area contributed by atoms with E-state index in [0.29, 0.717) is 40.2 Å². The summed E-state index contributed by atoms with van der Waals surface area (Å²) >= 11 is 0. The fourth-order valence-corrected chi connectivity index (χ4v) is 4.25. The topological polar surface area (TPSA) is 136 Å². The van der Waals surface area contributed by atoms with E-state index in [4.69, 9.17) is 9.47 Å². The normalized spacial score (nSPS) is 13.9. The number of non-ortho nitro benzene ring substituents is 1. The summed E-state index contributed by atoms with van der Waals surface area (Å²) in [6, 6.07) is 9.60. The second kappa shape index (κ2) is 9.55. The Morgan fingerprint density at radius 1 is 1.17 bits per heavy atom. The highest BCUT2D eigenvalue weighted by Crippen LogP contribution is 2.31. The quantitative estimate of drug-likeness (QED) is 0.222. The first-order valence-corrected chi connectivity index (χ1v) is 11.3. The Morgan fingerprint density at radius 2 is 2.00 bits per heavy atom. The maximum absolute atomic E-state index is 12.4. The minimum absolute atomic E-state index is 0.165. The summed E-state index contributed by atoms with van der Waals surface area (Å²) in [5, 5.41) is 14.9. The molecule has 35 heavy (non-hydrogen) atoms. The van der Waals surface area contributed by atoms with Gasteiger partial charge in [-0.15, -0.1) is 0 Å². The van der Waals surface area contributed by atoms with E-state index in [1.54, 1.807) is 13.2 Å². The van der Waals surface area contributed by atoms with Gasteiger partial charge in [0.2, 0.25) is 5.95 Å². The number of aromatic nitrogens is 3. The number of nitrogens with zero attached hydrogens (tertiary/aromatic N) is 4. The van der Waals surface area contributed by atoms with Gasteiger partial charge in [-0.25, -0.2) is 9.97 Å². The number of nitro groups is 1. The molecule has 0 aliphatic carbocycles.